The van der Waals surface area contributed by atoms with Gasteiger partial charge in [0.1, 0.15) is 5.75 Å². The molecule has 3 rings (SSSR count). The lowest BCUT2D eigenvalue weighted by molar-refractivity contribution is -0.123. The van der Waals surface area contributed by atoms with Crippen LogP contribution in [0.4, 0.5) is 5.69 Å². The van der Waals surface area contributed by atoms with Crippen LogP contribution in [0.15, 0.2) is 48.5 Å². The van der Waals surface area contributed by atoms with Gasteiger partial charge in [-0.15, -0.1) is 0 Å². The molecule has 2 aromatic carbocycles. The Hall–Kier alpha value is -2.53. The number of ether oxygens (including phenoxy) is 1. The number of hydrogen-bond donors (Lipinski definition) is 1. The van der Waals surface area contributed by atoms with Crippen molar-refractivity contribution < 1.29 is 9.53 Å². The van der Waals surface area contributed by atoms with Crippen LogP contribution >= 0.6 is 0 Å². The van der Waals surface area contributed by atoms with Gasteiger partial charge in [0, 0.05) is 26.2 Å². The Morgan fingerprint density at radius 1 is 1.07 bits per heavy atom. The molecule has 1 N–H and O–H groups in total. The Morgan fingerprint density at radius 2 is 1.75 bits per heavy atom. The third kappa shape index (κ3) is 5.04. The quantitative estimate of drug-likeness (QED) is 0.800. The van der Waals surface area contributed by atoms with Crippen LogP contribution < -0.4 is 15.0 Å². The molecule has 1 amide bonds. The number of aryl methyl sites for hydroxylation is 1. The van der Waals surface area contributed by atoms with E-state index < -0.39 is 0 Å². The largest absolute Gasteiger partial charge is 0.495 e. The van der Waals surface area contributed by atoms with Gasteiger partial charge in [0.2, 0.25) is 5.91 Å². The standard InChI is InChI=1S/C23H31N3O2/c1-4-19-9-11-20(12-10-19)18(2)24-23(27)17-25-13-15-26(16-14-25)21-7-5-6-8-22(21)28-3/h5-12,18H,4,13-17H2,1-3H3,(H,24,27)/t18-/m0/s1. The van der Waals surface area contributed by atoms with E-state index >= 15 is 0 Å². The number of methoxy groups -OCH3 is 1. The first kappa shape index (κ1) is 20.2. The fourth-order valence-corrected chi connectivity index (χ4v) is 3.65. The molecule has 28 heavy (non-hydrogen) atoms. The molecule has 0 aliphatic carbocycles. The zero-order chi connectivity index (χ0) is 19.9. The lowest BCUT2D eigenvalue weighted by Crippen LogP contribution is -2.49. The van der Waals surface area contributed by atoms with E-state index in [9.17, 15) is 4.79 Å². The van der Waals surface area contributed by atoms with E-state index in [4.69, 9.17) is 4.74 Å². The van der Waals surface area contributed by atoms with Gasteiger partial charge in [-0.05, 0) is 36.6 Å². The van der Waals surface area contributed by atoms with Gasteiger partial charge < -0.3 is 15.0 Å². The highest BCUT2D eigenvalue weighted by molar-refractivity contribution is 5.78. The second-order valence-corrected chi connectivity index (χ2v) is 7.32. The Balaban J connectivity index is 1.48. The third-order valence-corrected chi connectivity index (χ3v) is 5.43. The Bertz CT molecular complexity index is 768. The number of hydrogen-bond acceptors (Lipinski definition) is 4. The van der Waals surface area contributed by atoms with E-state index in [1.54, 1.807) is 7.11 Å². The second kappa shape index (κ2) is 9.60. The molecule has 0 saturated carbocycles. The fourth-order valence-electron chi connectivity index (χ4n) is 3.65. The minimum absolute atomic E-state index is 0.0216. The average Bonchev–Trinajstić information content (AvgIpc) is 2.74. The number of para-hydroxylation sites is 2. The lowest BCUT2D eigenvalue weighted by Gasteiger charge is -2.36. The van der Waals surface area contributed by atoms with E-state index in [2.05, 4.69) is 52.4 Å². The van der Waals surface area contributed by atoms with Crippen LogP contribution in [-0.2, 0) is 11.2 Å². The van der Waals surface area contributed by atoms with E-state index in [-0.39, 0.29) is 11.9 Å². The van der Waals surface area contributed by atoms with Crippen LogP contribution in [0.25, 0.3) is 0 Å². The molecule has 1 aliphatic heterocycles. The number of carbonyl (C=O) groups excluding carboxylic acids is 1. The molecule has 5 heteroatoms. The number of piperazine rings is 1. The average molecular weight is 382 g/mol. The van der Waals surface area contributed by atoms with Gasteiger partial charge in [-0.3, -0.25) is 9.69 Å². The number of carbonyl (C=O) groups is 1. The molecule has 1 aliphatic rings. The normalized spacial score (nSPS) is 15.9. The molecule has 5 nitrogen and oxygen atoms in total. The maximum atomic E-state index is 12.5. The van der Waals surface area contributed by atoms with Gasteiger partial charge >= 0.3 is 0 Å². The summed E-state index contributed by atoms with van der Waals surface area (Å²) in [4.78, 5) is 17.0. The molecule has 150 valence electrons. The van der Waals surface area contributed by atoms with Gasteiger partial charge in [-0.1, -0.05) is 43.3 Å². The summed E-state index contributed by atoms with van der Waals surface area (Å²) in [5, 5.41) is 3.13. The molecule has 0 aromatic heterocycles. The minimum Gasteiger partial charge on any atom is -0.495 e. The molecule has 1 fully saturated rings. The van der Waals surface area contributed by atoms with Crippen LogP contribution in [0.1, 0.15) is 31.0 Å². The van der Waals surface area contributed by atoms with Crippen molar-refractivity contribution in [3.63, 3.8) is 0 Å². The topological polar surface area (TPSA) is 44.8 Å². The fraction of sp³-hybridized carbons (Fsp3) is 0.435. The first-order valence-electron chi connectivity index (χ1n) is 10.1. The molecule has 0 bridgehead atoms. The van der Waals surface area contributed by atoms with E-state index in [1.165, 1.54) is 5.56 Å². The van der Waals surface area contributed by atoms with Crippen molar-refractivity contribution in [2.75, 3.05) is 44.7 Å². The van der Waals surface area contributed by atoms with E-state index in [0.29, 0.717) is 6.54 Å². The summed E-state index contributed by atoms with van der Waals surface area (Å²) in [7, 11) is 1.70. The van der Waals surface area contributed by atoms with Crippen molar-refractivity contribution in [2.45, 2.75) is 26.3 Å². The minimum atomic E-state index is 0.0216. The molecule has 1 saturated heterocycles. The maximum Gasteiger partial charge on any atom is 0.234 e. The maximum absolute atomic E-state index is 12.5. The van der Waals surface area contributed by atoms with Crippen LogP contribution in [0, 0.1) is 0 Å². The van der Waals surface area contributed by atoms with Crippen molar-refractivity contribution in [1.82, 2.24) is 10.2 Å². The van der Waals surface area contributed by atoms with Crippen LogP contribution in [0.2, 0.25) is 0 Å². The molecule has 0 spiro atoms. The van der Waals surface area contributed by atoms with Crippen LogP contribution in [0.3, 0.4) is 0 Å². The molecule has 1 heterocycles. The highest BCUT2D eigenvalue weighted by Gasteiger charge is 2.21. The molecular formula is C23H31N3O2. The monoisotopic (exact) mass is 381 g/mol. The molecule has 1 atom stereocenters. The van der Waals surface area contributed by atoms with Gasteiger partial charge in [-0.25, -0.2) is 0 Å². The first-order chi connectivity index (χ1) is 13.6. The van der Waals surface area contributed by atoms with Gasteiger partial charge in [0.25, 0.3) is 0 Å². The van der Waals surface area contributed by atoms with E-state index in [1.807, 2.05) is 25.1 Å². The number of rotatable bonds is 7. The predicted molar refractivity (Wildman–Crippen MR) is 114 cm³/mol. The summed E-state index contributed by atoms with van der Waals surface area (Å²) >= 11 is 0. The third-order valence-electron chi connectivity index (χ3n) is 5.43. The molecule has 2 aromatic rings. The van der Waals surface area contributed by atoms with Gasteiger partial charge in [-0.2, -0.15) is 0 Å². The van der Waals surface area contributed by atoms with Crippen LogP contribution in [0.5, 0.6) is 5.75 Å². The first-order valence-corrected chi connectivity index (χ1v) is 10.1. The second-order valence-electron chi connectivity index (χ2n) is 7.32. The summed E-state index contributed by atoms with van der Waals surface area (Å²) in [5.74, 6) is 0.981. The Morgan fingerprint density at radius 3 is 2.39 bits per heavy atom. The van der Waals surface area contributed by atoms with Crippen molar-refractivity contribution in [1.29, 1.82) is 0 Å². The van der Waals surface area contributed by atoms with Gasteiger partial charge in [0.15, 0.2) is 0 Å². The smallest absolute Gasteiger partial charge is 0.234 e. The van der Waals surface area contributed by atoms with Crippen molar-refractivity contribution in [3.05, 3.63) is 59.7 Å². The number of nitrogens with zero attached hydrogens (tertiary/aromatic N) is 2. The summed E-state index contributed by atoms with van der Waals surface area (Å²) in [6, 6.07) is 16.6. The van der Waals surface area contributed by atoms with E-state index in [0.717, 1.165) is 49.6 Å². The molecule has 0 unspecified atom stereocenters. The van der Waals surface area contributed by atoms with Crippen molar-refractivity contribution >= 4 is 11.6 Å². The lowest BCUT2D eigenvalue weighted by atomic mass is 10.0. The molecular weight excluding hydrogens is 350 g/mol. The summed E-state index contributed by atoms with van der Waals surface area (Å²) in [6.07, 6.45) is 1.03. The number of benzene rings is 2. The summed E-state index contributed by atoms with van der Waals surface area (Å²) in [6.45, 7) is 8.14. The van der Waals surface area contributed by atoms with Gasteiger partial charge in [0.05, 0.1) is 25.4 Å². The highest BCUT2D eigenvalue weighted by atomic mass is 16.5. The number of anilines is 1. The number of amides is 1. The SMILES string of the molecule is CCc1ccc([C@H](C)NC(=O)CN2CCN(c3ccccc3OC)CC2)cc1. The van der Waals surface area contributed by atoms with Crippen molar-refractivity contribution in [2.24, 2.45) is 0 Å². The van der Waals surface area contributed by atoms with Crippen molar-refractivity contribution in [3.8, 4) is 5.75 Å². The predicted octanol–water partition coefficient (Wildman–Crippen LogP) is 3.26. The number of nitrogens with one attached hydrogen (secondary N) is 1. The molecule has 0 radical (unpaired) electrons. The summed E-state index contributed by atoms with van der Waals surface area (Å²) in [5.41, 5.74) is 3.58. The zero-order valence-corrected chi connectivity index (χ0v) is 17.1. The highest BCUT2D eigenvalue weighted by Crippen LogP contribution is 2.28. The summed E-state index contributed by atoms with van der Waals surface area (Å²) < 4.78 is 5.47. The Labute approximate surface area is 168 Å². The Kier molecular flexibility index (Phi) is 6.93. The van der Waals surface area contributed by atoms with Crippen LogP contribution in [-0.4, -0.2) is 50.6 Å². The zero-order valence-electron chi connectivity index (χ0n) is 17.1.